The van der Waals surface area contributed by atoms with Crippen LogP contribution in [-0.2, 0) is 11.1 Å². The van der Waals surface area contributed by atoms with E-state index in [2.05, 4.69) is 6.92 Å². The summed E-state index contributed by atoms with van der Waals surface area (Å²) in [6.45, 7) is 3.72. The van der Waals surface area contributed by atoms with Crippen molar-refractivity contribution in [3.63, 3.8) is 0 Å². The van der Waals surface area contributed by atoms with Gasteiger partial charge in [0.15, 0.2) is 11.1 Å². The van der Waals surface area contributed by atoms with Crippen LogP contribution in [0, 0.1) is 0 Å². The van der Waals surface area contributed by atoms with E-state index in [4.69, 9.17) is 4.55 Å². The zero-order valence-electron chi connectivity index (χ0n) is 8.20. The number of rotatable bonds is 7. The second-order valence-electron chi connectivity index (χ2n) is 3.06. The topological polar surface area (TPSA) is 40.5 Å². The highest BCUT2D eigenvalue weighted by Crippen LogP contribution is 2.07. The number of hydrogen-bond donors (Lipinski definition) is 1. The van der Waals surface area contributed by atoms with Gasteiger partial charge in [-0.25, -0.2) is 4.21 Å². The van der Waals surface area contributed by atoms with Gasteiger partial charge in [-0.2, -0.15) is 0 Å². The van der Waals surface area contributed by atoms with Gasteiger partial charge in [0.1, 0.15) is 5.37 Å². The molecule has 0 heterocycles. The van der Waals surface area contributed by atoms with Crippen molar-refractivity contribution in [3.8, 4) is 0 Å². The highest BCUT2D eigenvalue weighted by Gasteiger charge is 2.17. The van der Waals surface area contributed by atoms with Crippen molar-refractivity contribution < 1.29 is 13.2 Å². The van der Waals surface area contributed by atoms with Crippen LogP contribution in [0.2, 0.25) is 0 Å². The van der Waals surface area contributed by atoms with Crippen molar-refractivity contribution in [2.75, 3.05) is 6.54 Å². The van der Waals surface area contributed by atoms with Crippen LogP contribution in [0.15, 0.2) is 0 Å². The summed E-state index contributed by atoms with van der Waals surface area (Å²) in [6, 6.07) is 0. The number of nitrogens with zero attached hydrogens (tertiary/aromatic N) is 1. The average Bonchev–Trinajstić information content (AvgIpc) is 2.10. The summed E-state index contributed by atoms with van der Waals surface area (Å²) >= 11 is -2.10. The molecule has 5 heteroatoms. The molecule has 0 aliphatic carbocycles. The second kappa shape index (κ2) is 7.41. The van der Waals surface area contributed by atoms with Gasteiger partial charge in [-0.1, -0.05) is 26.2 Å². The van der Waals surface area contributed by atoms with E-state index in [0.717, 1.165) is 25.7 Å². The first-order chi connectivity index (χ1) is 6.09. The first kappa shape index (κ1) is 13.0. The molecule has 0 aliphatic heterocycles. The summed E-state index contributed by atoms with van der Waals surface area (Å²) in [5.74, 6) is 0. The fourth-order valence-corrected chi connectivity index (χ4v) is 1.27. The molecule has 13 heavy (non-hydrogen) atoms. The van der Waals surface area contributed by atoms with Crippen LogP contribution in [0.4, 0.5) is 4.48 Å². The lowest BCUT2D eigenvalue weighted by molar-refractivity contribution is 0.0127. The minimum Gasteiger partial charge on any atom is -0.305 e. The Hall–Kier alpha value is -0.0000000000000000486. The summed E-state index contributed by atoms with van der Waals surface area (Å²) in [7, 11) is 0. The Morgan fingerprint density at radius 1 is 1.46 bits per heavy atom. The number of halogens is 1. The predicted molar refractivity (Wildman–Crippen MR) is 52.2 cm³/mol. The van der Waals surface area contributed by atoms with Gasteiger partial charge in [0, 0.05) is 6.54 Å². The molecule has 0 fully saturated rings. The first-order valence-corrected chi connectivity index (χ1v) is 5.78. The molecule has 2 unspecified atom stereocenters. The van der Waals surface area contributed by atoms with Crippen LogP contribution >= 0.6 is 0 Å². The molecule has 3 nitrogen and oxygen atoms in total. The van der Waals surface area contributed by atoms with Gasteiger partial charge in [0.05, 0.1) is 0 Å². The van der Waals surface area contributed by atoms with E-state index in [9.17, 15) is 8.69 Å². The minimum atomic E-state index is -2.10. The standard InChI is InChI=1S/C8H18FNO2S/c1-3-4-5-6-7-10(9)8(2)13(11)12/h8H,3-7H2,1-2H3,(H,11,12). The summed E-state index contributed by atoms with van der Waals surface area (Å²) < 4.78 is 32.0. The third kappa shape index (κ3) is 6.12. The summed E-state index contributed by atoms with van der Waals surface area (Å²) in [4.78, 5) is 0. The summed E-state index contributed by atoms with van der Waals surface area (Å²) in [6.07, 6.45) is 3.91. The molecule has 0 amide bonds. The molecule has 1 N–H and O–H groups in total. The van der Waals surface area contributed by atoms with Gasteiger partial charge >= 0.3 is 0 Å². The van der Waals surface area contributed by atoms with Crippen molar-refractivity contribution in [2.45, 2.75) is 44.9 Å². The molecule has 0 aromatic heterocycles. The van der Waals surface area contributed by atoms with E-state index in [1.54, 1.807) is 0 Å². The third-order valence-electron chi connectivity index (χ3n) is 1.91. The Bertz CT molecular complexity index is 157. The lowest BCUT2D eigenvalue weighted by atomic mass is 10.2. The Morgan fingerprint density at radius 2 is 2.08 bits per heavy atom. The highest BCUT2D eigenvalue weighted by atomic mass is 32.2. The van der Waals surface area contributed by atoms with Crippen molar-refractivity contribution >= 4 is 11.1 Å². The van der Waals surface area contributed by atoms with Crippen molar-refractivity contribution in [2.24, 2.45) is 0 Å². The van der Waals surface area contributed by atoms with Crippen molar-refractivity contribution in [1.29, 1.82) is 0 Å². The zero-order chi connectivity index (χ0) is 10.3. The maximum Gasteiger partial charge on any atom is 0.173 e. The molecule has 0 bridgehead atoms. The Kier molecular flexibility index (Phi) is 7.41. The minimum absolute atomic E-state index is 0.244. The molecule has 0 spiro atoms. The Balaban J connectivity index is 3.50. The maximum atomic E-state index is 13.0. The monoisotopic (exact) mass is 211 g/mol. The molecule has 0 aromatic carbocycles. The average molecular weight is 211 g/mol. The van der Waals surface area contributed by atoms with Crippen LogP contribution in [0.25, 0.3) is 0 Å². The summed E-state index contributed by atoms with van der Waals surface area (Å²) in [5, 5.41) is -0.479. The van der Waals surface area contributed by atoms with Crippen LogP contribution in [0.5, 0.6) is 0 Å². The van der Waals surface area contributed by atoms with Gasteiger partial charge in [-0.3, -0.25) is 0 Å². The van der Waals surface area contributed by atoms with E-state index in [-0.39, 0.29) is 6.54 Å². The molecule has 0 saturated heterocycles. The van der Waals surface area contributed by atoms with Gasteiger partial charge < -0.3 is 4.55 Å². The van der Waals surface area contributed by atoms with Crippen LogP contribution in [-0.4, -0.2) is 25.8 Å². The van der Waals surface area contributed by atoms with E-state index < -0.39 is 16.5 Å². The lowest BCUT2D eigenvalue weighted by Gasteiger charge is -2.15. The largest absolute Gasteiger partial charge is 0.305 e. The Labute approximate surface area is 81.5 Å². The van der Waals surface area contributed by atoms with E-state index >= 15 is 0 Å². The molecule has 0 saturated carbocycles. The quantitative estimate of drug-likeness (QED) is 0.399. The summed E-state index contributed by atoms with van der Waals surface area (Å²) in [5.41, 5.74) is 0. The smallest absolute Gasteiger partial charge is 0.173 e. The third-order valence-corrected chi connectivity index (χ3v) is 2.72. The molecule has 0 rings (SSSR count). The molecule has 2 atom stereocenters. The Morgan fingerprint density at radius 3 is 2.54 bits per heavy atom. The van der Waals surface area contributed by atoms with Gasteiger partial charge in [0.2, 0.25) is 0 Å². The van der Waals surface area contributed by atoms with Crippen LogP contribution < -0.4 is 0 Å². The highest BCUT2D eigenvalue weighted by molar-refractivity contribution is 7.79. The first-order valence-electron chi connectivity index (χ1n) is 4.61. The predicted octanol–water partition coefficient (Wildman–Crippen LogP) is 2.32. The van der Waals surface area contributed by atoms with E-state index in [1.165, 1.54) is 6.92 Å². The van der Waals surface area contributed by atoms with E-state index in [0.29, 0.717) is 5.12 Å². The van der Waals surface area contributed by atoms with E-state index in [1.807, 2.05) is 0 Å². The second-order valence-corrected chi connectivity index (χ2v) is 4.29. The lowest BCUT2D eigenvalue weighted by Crippen LogP contribution is -2.29. The normalized spacial score (nSPS) is 16.1. The molecule has 0 aliphatic rings. The van der Waals surface area contributed by atoms with Crippen LogP contribution in [0.1, 0.15) is 39.5 Å². The molecule has 0 radical (unpaired) electrons. The number of hydrogen-bond acceptors (Lipinski definition) is 2. The fourth-order valence-electron chi connectivity index (χ4n) is 0.969. The molecular weight excluding hydrogens is 193 g/mol. The fraction of sp³-hybridized carbons (Fsp3) is 1.00. The van der Waals surface area contributed by atoms with Crippen molar-refractivity contribution in [3.05, 3.63) is 0 Å². The molecular formula is C8H18FNO2S. The van der Waals surface area contributed by atoms with Gasteiger partial charge in [-0.05, 0) is 13.3 Å². The van der Waals surface area contributed by atoms with Gasteiger partial charge in [0.25, 0.3) is 0 Å². The SMILES string of the molecule is CCCCCCN(F)C(C)S(=O)O. The maximum absolute atomic E-state index is 13.0. The van der Waals surface area contributed by atoms with Crippen LogP contribution in [0.3, 0.4) is 0 Å². The van der Waals surface area contributed by atoms with Gasteiger partial charge in [-0.15, -0.1) is 9.60 Å². The van der Waals surface area contributed by atoms with Crippen molar-refractivity contribution in [1.82, 2.24) is 5.12 Å². The molecule has 0 aromatic rings. The zero-order valence-corrected chi connectivity index (χ0v) is 9.02. The molecule has 80 valence electrons. The number of unbranched alkanes of at least 4 members (excludes halogenated alkanes) is 3.